The topological polar surface area (TPSA) is 340 Å². The molecule has 0 aromatic carbocycles. The van der Waals surface area contributed by atoms with Crippen molar-refractivity contribution in [3.8, 4) is 0 Å². The van der Waals surface area contributed by atoms with Crippen molar-refractivity contribution in [1.29, 1.82) is 0 Å². The van der Waals surface area contributed by atoms with Crippen molar-refractivity contribution in [2.24, 2.45) is 32.9 Å². The Morgan fingerprint density at radius 3 is 1.95 bits per heavy atom. The third-order valence-electron chi connectivity index (χ3n) is 7.49. The molecule has 15 atom stereocenters. The van der Waals surface area contributed by atoms with Gasteiger partial charge in [-0.1, -0.05) is 0 Å². The third-order valence-corrected chi connectivity index (χ3v) is 7.49. The molecular weight excluding hydrogens is 542 g/mol. The fourth-order valence-corrected chi connectivity index (χ4v) is 5.17. The van der Waals surface area contributed by atoms with Gasteiger partial charge in [-0.25, -0.2) is 9.98 Å². The van der Waals surface area contributed by atoms with Gasteiger partial charge in [-0.3, -0.25) is 0 Å². The van der Waals surface area contributed by atoms with Gasteiger partial charge in [-0.2, -0.15) is 0 Å². The van der Waals surface area contributed by atoms with E-state index in [2.05, 4.69) is 15.3 Å². The minimum absolute atomic E-state index is 0.493. The molecule has 2 saturated heterocycles. The minimum atomic E-state index is -2.15. The molecule has 1 aliphatic carbocycles. The highest BCUT2D eigenvalue weighted by Crippen LogP contribution is 2.39. The minimum Gasteiger partial charge on any atom is -0.394 e. The number of ether oxygens (including phenoxy) is 4. The van der Waals surface area contributed by atoms with E-state index in [0.29, 0.717) is 0 Å². The molecule has 0 aromatic rings. The maximum absolute atomic E-state index is 11.3. The Morgan fingerprint density at radius 2 is 1.43 bits per heavy atom. The van der Waals surface area contributed by atoms with Crippen molar-refractivity contribution in [3.05, 3.63) is 0 Å². The van der Waals surface area contributed by atoms with Crippen LogP contribution in [0.2, 0.25) is 0 Å². The molecular formula is C21H41N7O12. The molecule has 40 heavy (non-hydrogen) atoms. The van der Waals surface area contributed by atoms with E-state index in [1.54, 1.807) is 0 Å². The molecule has 0 aromatic heterocycles. The van der Waals surface area contributed by atoms with E-state index in [9.17, 15) is 40.9 Å². The summed E-state index contributed by atoms with van der Waals surface area (Å²) < 4.78 is 23.2. The summed E-state index contributed by atoms with van der Waals surface area (Å²) >= 11 is 0. The van der Waals surface area contributed by atoms with Crippen LogP contribution in [0, 0.1) is 0 Å². The first-order valence-electron chi connectivity index (χ1n) is 12.5. The second-order valence-corrected chi connectivity index (χ2v) is 10.0. The summed E-state index contributed by atoms with van der Waals surface area (Å²) in [6.07, 6.45) is -16.9. The van der Waals surface area contributed by atoms with Crippen LogP contribution < -0.4 is 28.3 Å². The zero-order chi connectivity index (χ0) is 30.1. The molecule has 3 aliphatic rings. The summed E-state index contributed by atoms with van der Waals surface area (Å²) in [4.78, 5) is 7.66. The summed E-state index contributed by atoms with van der Waals surface area (Å²) in [5, 5.41) is 87.0. The molecule has 0 spiro atoms. The molecule has 0 bridgehead atoms. The number of aliphatic hydroxyl groups excluding tert-OH is 7. The molecule has 0 radical (unpaired) electrons. The Kier molecular flexibility index (Phi) is 10.5. The Hall–Kier alpha value is -1.98. The fraction of sp³-hybridized carbons (Fsp3) is 0.905. The number of likely N-dealkylation sites (N-methyl/N-ethyl adjacent to an activating group) is 1. The van der Waals surface area contributed by atoms with Crippen LogP contribution >= 0.6 is 0 Å². The monoisotopic (exact) mass is 583 g/mol. The maximum atomic E-state index is 11.3. The van der Waals surface area contributed by atoms with Crippen molar-refractivity contribution in [2.75, 3.05) is 20.3 Å². The van der Waals surface area contributed by atoms with E-state index in [1.807, 2.05) is 0 Å². The highest BCUT2D eigenvalue weighted by atomic mass is 16.8. The molecule has 232 valence electrons. The number of aliphatic imine (C=N–C) groups is 2. The molecule has 3 rings (SSSR count). The number of nitrogens with two attached hydrogens (primary N) is 4. The van der Waals surface area contributed by atoms with Gasteiger partial charge in [0.15, 0.2) is 24.5 Å². The van der Waals surface area contributed by atoms with Gasteiger partial charge in [-0.05, 0) is 14.0 Å². The first-order chi connectivity index (χ1) is 18.7. The van der Waals surface area contributed by atoms with Crippen LogP contribution in [-0.4, -0.2) is 164 Å². The molecule has 19 nitrogen and oxygen atoms in total. The van der Waals surface area contributed by atoms with Crippen LogP contribution in [-0.2, 0) is 18.9 Å². The lowest BCUT2D eigenvalue weighted by Crippen LogP contribution is -2.66. The van der Waals surface area contributed by atoms with Gasteiger partial charge in [0.25, 0.3) is 0 Å². The number of rotatable bonds is 9. The van der Waals surface area contributed by atoms with Crippen molar-refractivity contribution in [1.82, 2.24) is 5.32 Å². The molecule has 2 aliphatic heterocycles. The molecule has 2 heterocycles. The molecule has 19 heteroatoms. The van der Waals surface area contributed by atoms with Crippen molar-refractivity contribution in [2.45, 2.75) is 98.2 Å². The average molecular weight is 584 g/mol. The Bertz CT molecular complexity index is 911. The number of hydrogen-bond acceptors (Lipinski definition) is 15. The van der Waals surface area contributed by atoms with E-state index in [1.165, 1.54) is 14.0 Å². The first-order valence-corrected chi connectivity index (χ1v) is 12.5. The second-order valence-electron chi connectivity index (χ2n) is 10.0. The number of guanidine groups is 2. The molecule has 12 unspecified atom stereocenters. The van der Waals surface area contributed by atoms with Crippen LogP contribution in [0.5, 0.6) is 0 Å². The van der Waals surface area contributed by atoms with E-state index < -0.39 is 116 Å². The van der Waals surface area contributed by atoms with Gasteiger partial charge >= 0.3 is 0 Å². The van der Waals surface area contributed by atoms with E-state index in [-0.39, 0.29) is 0 Å². The van der Waals surface area contributed by atoms with Crippen LogP contribution in [0.25, 0.3) is 0 Å². The van der Waals surface area contributed by atoms with E-state index >= 15 is 0 Å². The number of hydrogen-bond donors (Lipinski definition) is 13. The standard InChI is InChI=1S/C21H41N7O12/c1-5-21(36,4-30)16(40-17-9(26-2)13(34)10(31)6(3-29)38-17)18(37-5)39-15-8(28-20(24)25)11(32)7(27-19(22)23)12(33)14(15)35/h5-18,26,29-36H,3-4H2,1-2H3,(H4,22,23,27)(H4,24,25,28)/t5?,6?,7?,8?,9?,10?,11?,12?,13?,14?,15?,16-,17?,18-,21+/m0/s1. The van der Waals surface area contributed by atoms with Gasteiger partial charge in [-0.15, -0.1) is 0 Å². The average Bonchev–Trinajstić information content (AvgIpc) is 3.13. The summed E-state index contributed by atoms with van der Waals surface area (Å²) in [6, 6.07) is -4.00. The lowest BCUT2D eigenvalue weighted by atomic mass is 9.81. The normalized spacial score (nSPS) is 47.5. The van der Waals surface area contributed by atoms with Crippen LogP contribution in [0.4, 0.5) is 0 Å². The number of aliphatic hydroxyl groups is 8. The van der Waals surface area contributed by atoms with Crippen LogP contribution in [0.15, 0.2) is 9.98 Å². The van der Waals surface area contributed by atoms with Crippen LogP contribution in [0.3, 0.4) is 0 Å². The maximum Gasteiger partial charge on any atom is 0.187 e. The zero-order valence-corrected chi connectivity index (χ0v) is 21.9. The van der Waals surface area contributed by atoms with E-state index in [0.717, 1.165) is 0 Å². The van der Waals surface area contributed by atoms with Crippen molar-refractivity contribution < 1.29 is 59.8 Å². The van der Waals surface area contributed by atoms with Gasteiger partial charge in [0.1, 0.15) is 66.5 Å². The molecule has 3 fully saturated rings. The fourth-order valence-electron chi connectivity index (χ4n) is 5.17. The summed E-state index contributed by atoms with van der Waals surface area (Å²) in [5.41, 5.74) is 19.7. The lowest BCUT2D eigenvalue weighted by Gasteiger charge is -2.45. The quantitative estimate of drug-likeness (QED) is 0.0884. The third kappa shape index (κ3) is 6.11. The van der Waals surface area contributed by atoms with Gasteiger partial charge in [0, 0.05) is 0 Å². The van der Waals surface area contributed by atoms with Crippen LogP contribution in [0.1, 0.15) is 6.92 Å². The summed E-state index contributed by atoms with van der Waals surface area (Å²) in [6.45, 7) is -0.199. The van der Waals surface area contributed by atoms with Crippen molar-refractivity contribution >= 4 is 11.9 Å². The predicted molar refractivity (Wildman–Crippen MR) is 134 cm³/mol. The smallest absolute Gasteiger partial charge is 0.187 e. The second kappa shape index (κ2) is 12.9. The van der Waals surface area contributed by atoms with E-state index in [4.69, 9.17) is 41.9 Å². The molecule has 17 N–H and O–H groups in total. The first kappa shape index (κ1) is 32.5. The molecule has 1 saturated carbocycles. The van der Waals surface area contributed by atoms with Gasteiger partial charge in [0.05, 0.1) is 25.4 Å². The summed E-state index contributed by atoms with van der Waals surface area (Å²) in [5.74, 6) is -1.01. The lowest BCUT2D eigenvalue weighted by molar-refractivity contribution is -0.317. The summed E-state index contributed by atoms with van der Waals surface area (Å²) in [7, 11) is 1.44. The largest absolute Gasteiger partial charge is 0.394 e. The predicted octanol–water partition coefficient (Wildman–Crippen LogP) is -8.37. The van der Waals surface area contributed by atoms with Gasteiger partial charge in [0.2, 0.25) is 0 Å². The Balaban J connectivity index is 1.96. The Labute approximate surface area is 229 Å². The zero-order valence-electron chi connectivity index (χ0n) is 21.9. The van der Waals surface area contributed by atoms with Crippen molar-refractivity contribution in [3.63, 3.8) is 0 Å². The van der Waals surface area contributed by atoms with Gasteiger partial charge < -0.3 is 88.1 Å². The Morgan fingerprint density at radius 1 is 0.825 bits per heavy atom. The number of nitrogens with zero attached hydrogens (tertiary/aromatic N) is 2. The highest BCUT2D eigenvalue weighted by molar-refractivity contribution is 5.76. The highest BCUT2D eigenvalue weighted by Gasteiger charge is 2.60. The number of nitrogens with one attached hydrogen (secondary N) is 1. The molecule has 0 amide bonds. The SMILES string of the molecule is CNC1C(O[C@H]2[C@H](OC3C(O)C(O)C(N=C(N)N)C(O)C3N=C(N)N)OC(C)[C@]2(O)CO)OC(CO)C(O)C1O.